The van der Waals surface area contributed by atoms with E-state index in [-0.39, 0.29) is 29.8 Å². The van der Waals surface area contributed by atoms with Crippen LogP contribution in [-0.2, 0) is 6.42 Å². The Labute approximate surface area is 129 Å². The Morgan fingerprint density at radius 1 is 1.23 bits per heavy atom. The maximum absolute atomic E-state index is 12.7. The zero-order chi connectivity index (χ0) is 15.7. The molecule has 0 fully saturated rings. The average molecular weight is 298 g/mol. The summed E-state index contributed by atoms with van der Waals surface area (Å²) in [5, 5.41) is 10.1. The lowest BCUT2D eigenvalue weighted by atomic mass is 9.88. The molecule has 4 heteroatoms. The lowest BCUT2D eigenvalue weighted by molar-refractivity contribution is 0.0892. The highest BCUT2D eigenvalue weighted by atomic mass is 16.5. The minimum atomic E-state index is -0.341. The second-order valence-corrected chi connectivity index (χ2v) is 5.32. The molecule has 2 aromatic carbocycles. The third-order valence-electron chi connectivity index (χ3n) is 4.08. The second-order valence-electron chi connectivity index (χ2n) is 5.32. The molecule has 2 aromatic rings. The van der Waals surface area contributed by atoms with E-state index in [0.29, 0.717) is 11.3 Å². The summed E-state index contributed by atoms with van der Waals surface area (Å²) in [5.74, 6) is 0.0193. The number of methoxy groups -OCH3 is 1. The molecule has 4 nitrogen and oxygen atoms in total. The summed E-state index contributed by atoms with van der Waals surface area (Å²) in [6, 6.07) is 11.2. The fourth-order valence-corrected chi connectivity index (χ4v) is 2.72. The van der Waals surface area contributed by atoms with E-state index in [1.807, 2.05) is 24.3 Å². The maximum Gasteiger partial charge on any atom is 0.201 e. The van der Waals surface area contributed by atoms with Crippen LogP contribution < -0.4 is 9.47 Å². The van der Waals surface area contributed by atoms with Gasteiger partial charge in [0.15, 0.2) is 17.3 Å². The molecule has 114 valence electrons. The quantitative estimate of drug-likeness (QED) is 0.944. The van der Waals surface area contributed by atoms with Gasteiger partial charge < -0.3 is 14.6 Å². The molecule has 22 heavy (non-hydrogen) atoms. The van der Waals surface area contributed by atoms with Gasteiger partial charge in [-0.25, -0.2) is 0 Å². The van der Waals surface area contributed by atoms with E-state index in [0.717, 1.165) is 12.0 Å². The molecule has 3 rings (SSSR count). The van der Waals surface area contributed by atoms with Crippen LogP contribution in [-0.4, -0.2) is 24.6 Å². The van der Waals surface area contributed by atoms with Gasteiger partial charge in [-0.05, 0) is 29.7 Å². The molecular formula is C18H18O4. The van der Waals surface area contributed by atoms with Crippen molar-refractivity contribution in [3.63, 3.8) is 0 Å². The Balaban J connectivity index is 1.95. The van der Waals surface area contributed by atoms with Gasteiger partial charge in [0.1, 0.15) is 6.61 Å². The topological polar surface area (TPSA) is 55.8 Å². The predicted molar refractivity (Wildman–Crippen MR) is 83.0 cm³/mol. The first-order chi connectivity index (χ1) is 10.7. The standard InChI is InChI=1S/C18H18O4/c1-3-11-4-6-12(7-5-11)14-10-22-18-13(16(14)19)8-9-15(21-2)17(18)20/h4-9,14,20H,3,10H2,1-2H3. The van der Waals surface area contributed by atoms with Crippen molar-refractivity contribution in [2.24, 2.45) is 0 Å². The molecule has 0 saturated heterocycles. The maximum atomic E-state index is 12.7. The smallest absolute Gasteiger partial charge is 0.201 e. The van der Waals surface area contributed by atoms with Gasteiger partial charge in [-0.3, -0.25) is 4.79 Å². The molecule has 1 atom stereocenters. The average Bonchev–Trinajstić information content (AvgIpc) is 2.56. The largest absolute Gasteiger partial charge is 0.502 e. The zero-order valence-electron chi connectivity index (χ0n) is 12.6. The first-order valence-corrected chi connectivity index (χ1v) is 7.31. The summed E-state index contributed by atoms with van der Waals surface area (Å²) >= 11 is 0. The minimum Gasteiger partial charge on any atom is -0.502 e. The van der Waals surface area contributed by atoms with Crippen LogP contribution >= 0.6 is 0 Å². The number of aromatic hydroxyl groups is 1. The Hall–Kier alpha value is -2.49. The molecule has 0 amide bonds. The van der Waals surface area contributed by atoms with Gasteiger partial charge >= 0.3 is 0 Å². The molecule has 1 aliphatic rings. The monoisotopic (exact) mass is 298 g/mol. The summed E-state index contributed by atoms with van der Waals surface area (Å²) in [6.07, 6.45) is 0.964. The number of hydrogen-bond acceptors (Lipinski definition) is 4. The fraction of sp³-hybridized carbons (Fsp3) is 0.278. The molecule has 0 radical (unpaired) electrons. The summed E-state index contributed by atoms with van der Waals surface area (Å²) < 4.78 is 10.7. The number of aryl methyl sites for hydroxylation is 1. The highest BCUT2D eigenvalue weighted by Crippen LogP contribution is 2.43. The number of ketones is 1. The van der Waals surface area contributed by atoms with Gasteiger partial charge in [-0.15, -0.1) is 0 Å². The van der Waals surface area contributed by atoms with Crippen LogP contribution in [0.15, 0.2) is 36.4 Å². The van der Waals surface area contributed by atoms with Crippen molar-refractivity contribution < 1.29 is 19.4 Å². The number of Topliss-reactive ketones (excluding diaryl/α,β-unsaturated/α-hetero) is 1. The number of carbonyl (C=O) groups excluding carboxylic acids is 1. The first kappa shape index (κ1) is 14.4. The van der Waals surface area contributed by atoms with Crippen LogP contribution in [0.2, 0.25) is 0 Å². The lowest BCUT2D eigenvalue weighted by Gasteiger charge is -2.25. The van der Waals surface area contributed by atoms with Crippen molar-refractivity contribution in [2.45, 2.75) is 19.3 Å². The van der Waals surface area contributed by atoms with E-state index in [1.54, 1.807) is 12.1 Å². The highest BCUT2D eigenvalue weighted by molar-refractivity contribution is 6.05. The third-order valence-corrected chi connectivity index (χ3v) is 4.08. The highest BCUT2D eigenvalue weighted by Gasteiger charge is 2.32. The van der Waals surface area contributed by atoms with E-state index >= 15 is 0 Å². The van der Waals surface area contributed by atoms with E-state index in [2.05, 4.69) is 6.92 Å². The van der Waals surface area contributed by atoms with E-state index in [9.17, 15) is 9.90 Å². The Kier molecular flexibility index (Phi) is 3.75. The molecule has 1 N–H and O–H groups in total. The van der Waals surface area contributed by atoms with Crippen LogP contribution in [0.5, 0.6) is 17.2 Å². The summed E-state index contributed by atoms with van der Waals surface area (Å²) in [7, 11) is 1.46. The molecular weight excluding hydrogens is 280 g/mol. The number of phenolic OH excluding ortho intramolecular Hbond substituents is 1. The summed E-state index contributed by atoms with van der Waals surface area (Å²) in [5.41, 5.74) is 2.56. The molecule has 1 unspecified atom stereocenters. The fourth-order valence-electron chi connectivity index (χ4n) is 2.72. The molecule has 1 aliphatic heterocycles. The first-order valence-electron chi connectivity index (χ1n) is 7.31. The van der Waals surface area contributed by atoms with Crippen molar-refractivity contribution in [1.82, 2.24) is 0 Å². The van der Waals surface area contributed by atoms with E-state index in [1.165, 1.54) is 12.7 Å². The van der Waals surface area contributed by atoms with Crippen LogP contribution in [0.25, 0.3) is 0 Å². The van der Waals surface area contributed by atoms with Gasteiger partial charge in [0.2, 0.25) is 5.75 Å². The van der Waals surface area contributed by atoms with Crippen molar-refractivity contribution >= 4 is 5.78 Å². The van der Waals surface area contributed by atoms with Crippen molar-refractivity contribution in [1.29, 1.82) is 0 Å². The zero-order valence-corrected chi connectivity index (χ0v) is 12.6. The summed E-state index contributed by atoms with van der Waals surface area (Å²) in [4.78, 5) is 12.7. The third kappa shape index (κ3) is 2.30. The van der Waals surface area contributed by atoms with E-state index in [4.69, 9.17) is 9.47 Å². The summed E-state index contributed by atoms with van der Waals surface area (Å²) in [6.45, 7) is 2.31. The molecule has 1 heterocycles. The number of benzene rings is 2. The molecule has 0 spiro atoms. The minimum absolute atomic E-state index is 0.0385. The van der Waals surface area contributed by atoms with Crippen molar-refractivity contribution in [3.8, 4) is 17.2 Å². The SMILES string of the molecule is CCc1ccc(C2COc3c(ccc(OC)c3O)C2=O)cc1. The lowest BCUT2D eigenvalue weighted by Crippen LogP contribution is -2.26. The van der Waals surface area contributed by atoms with Crippen LogP contribution in [0, 0.1) is 0 Å². The Bertz CT molecular complexity index is 704. The van der Waals surface area contributed by atoms with Gasteiger partial charge in [0, 0.05) is 0 Å². The Morgan fingerprint density at radius 3 is 2.59 bits per heavy atom. The normalized spacial score (nSPS) is 16.8. The molecule has 0 aliphatic carbocycles. The number of hydrogen-bond donors (Lipinski definition) is 1. The van der Waals surface area contributed by atoms with Crippen LogP contribution in [0.4, 0.5) is 0 Å². The van der Waals surface area contributed by atoms with Crippen LogP contribution in [0.3, 0.4) is 0 Å². The van der Waals surface area contributed by atoms with Crippen LogP contribution in [0.1, 0.15) is 34.3 Å². The van der Waals surface area contributed by atoms with Crippen molar-refractivity contribution in [2.75, 3.05) is 13.7 Å². The number of ether oxygens (including phenoxy) is 2. The number of phenols is 1. The van der Waals surface area contributed by atoms with Gasteiger partial charge in [-0.2, -0.15) is 0 Å². The van der Waals surface area contributed by atoms with Gasteiger partial charge in [0.05, 0.1) is 18.6 Å². The van der Waals surface area contributed by atoms with E-state index < -0.39 is 0 Å². The van der Waals surface area contributed by atoms with Gasteiger partial charge in [-0.1, -0.05) is 31.2 Å². The predicted octanol–water partition coefficient (Wildman–Crippen LogP) is 3.32. The Morgan fingerprint density at radius 2 is 1.95 bits per heavy atom. The second kappa shape index (κ2) is 5.72. The van der Waals surface area contributed by atoms with Gasteiger partial charge in [0.25, 0.3) is 0 Å². The molecule has 0 bridgehead atoms. The molecule has 0 saturated carbocycles. The number of fused-ring (bicyclic) bond motifs is 1. The molecule has 0 aromatic heterocycles. The van der Waals surface area contributed by atoms with Crippen molar-refractivity contribution in [3.05, 3.63) is 53.1 Å². The number of carbonyl (C=O) groups is 1. The number of rotatable bonds is 3.